The lowest BCUT2D eigenvalue weighted by Crippen LogP contribution is -2.33. The molecule has 6 heteroatoms. The topological polar surface area (TPSA) is 54.0 Å². The van der Waals surface area contributed by atoms with E-state index < -0.39 is 0 Å². The molecule has 0 radical (unpaired) electrons. The summed E-state index contributed by atoms with van der Waals surface area (Å²) < 4.78 is 0. The molecule has 1 aliphatic heterocycles. The van der Waals surface area contributed by atoms with Gasteiger partial charge in [-0.3, -0.25) is 4.79 Å². The Morgan fingerprint density at radius 3 is 3.09 bits per heavy atom. The summed E-state index contributed by atoms with van der Waals surface area (Å²) in [5.74, 6) is 0.557. The Kier molecular flexibility index (Phi) is 5.65. The van der Waals surface area contributed by atoms with Gasteiger partial charge in [0.1, 0.15) is 10.7 Å². The van der Waals surface area contributed by atoms with Crippen molar-refractivity contribution < 1.29 is 4.79 Å². The van der Waals surface area contributed by atoms with Crippen LogP contribution >= 0.6 is 22.9 Å². The molecule has 1 aromatic carbocycles. The number of hydrogen-bond donors (Lipinski definition) is 2. The number of hydrogen-bond acceptors (Lipinski definition) is 4. The van der Waals surface area contributed by atoms with Crippen molar-refractivity contribution in [3.05, 3.63) is 40.4 Å². The molecule has 1 unspecified atom stereocenters. The lowest BCUT2D eigenvalue weighted by molar-refractivity contribution is 0.0946. The lowest BCUT2D eigenvalue weighted by atomic mass is 9.96. The van der Waals surface area contributed by atoms with Crippen LogP contribution in [-0.2, 0) is 0 Å². The van der Waals surface area contributed by atoms with Gasteiger partial charge in [-0.2, -0.15) is 0 Å². The Morgan fingerprint density at radius 2 is 2.30 bits per heavy atom. The monoisotopic (exact) mass is 349 g/mol. The Hall–Kier alpha value is -1.43. The number of amides is 1. The summed E-state index contributed by atoms with van der Waals surface area (Å²) in [6, 6.07) is 7.54. The van der Waals surface area contributed by atoms with Crippen molar-refractivity contribution in [3.8, 4) is 10.6 Å². The van der Waals surface area contributed by atoms with Crippen LogP contribution in [0.3, 0.4) is 0 Å². The van der Waals surface area contributed by atoms with E-state index in [0.717, 1.165) is 30.1 Å². The molecule has 0 aliphatic carbocycles. The van der Waals surface area contributed by atoms with E-state index in [-0.39, 0.29) is 5.91 Å². The zero-order chi connectivity index (χ0) is 16.1. The second-order valence-corrected chi connectivity index (χ2v) is 7.04. The third-order valence-corrected chi connectivity index (χ3v) is 5.28. The van der Waals surface area contributed by atoms with Crippen molar-refractivity contribution in [3.63, 3.8) is 0 Å². The molecule has 2 aromatic rings. The summed E-state index contributed by atoms with van der Waals surface area (Å²) >= 11 is 7.62. The van der Waals surface area contributed by atoms with Gasteiger partial charge in [0.15, 0.2) is 0 Å². The number of piperidine rings is 1. The van der Waals surface area contributed by atoms with E-state index in [1.54, 1.807) is 5.38 Å². The van der Waals surface area contributed by atoms with Crippen molar-refractivity contribution in [1.29, 1.82) is 0 Å². The van der Waals surface area contributed by atoms with Gasteiger partial charge in [-0.25, -0.2) is 4.98 Å². The number of aromatic nitrogens is 1. The molecule has 1 aromatic heterocycles. The highest BCUT2D eigenvalue weighted by atomic mass is 35.5. The molecule has 1 amide bonds. The Balaban J connectivity index is 1.55. The first-order valence-electron chi connectivity index (χ1n) is 7.93. The van der Waals surface area contributed by atoms with Gasteiger partial charge in [-0.15, -0.1) is 11.3 Å². The second kappa shape index (κ2) is 7.90. The molecule has 2 heterocycles. The van der Waals surface area contributed by atoms with E-state index >= 15 is 0 Å². The normalized spacial score (nSPS) is 17.9. The Labute approximate surface area is 145 Å². The van der Waals surface area contributed by atoms with Gasteiger partial charge in [0.2, 0.25) is 0 Å². The van der Waals surface area contributed by atoms with Crippen molar-refractivity contribution in [2.45, 2.75) is 19.3 Å². The van der Waals surface area contributed by atoms with Crippen LogP contribution in [0.15, 0.2) is 29.6 Å². The Morgan fingerprint density at radius 1 is 1.43 bits per heavy atom. The van der Waals surface area contributed by atoms with E-state index in [0.29, 0.717) is 23.2 Å². The summed E-state index contributed by atoms with van der Waals surface area (Å²) in [5.41, 5.74) is 1.33. The number of carbonyl (C=O) groups is 1. The number of nitrogens with zero attached hydrogens (tertiary/aromatic N) is 1. The zero-order valence-electron chi connectivity index (χ0n) is 12.8. The van der Waals surface area contributed by atoms with Gasteiger partial charge >= 0.3 is 0 Å². The van der Waals surface area contributed by atoms with Crippen LogP contribution in [0.25, 0.3) is 10.6 Å². The van der Waals surface area contributed by atoms with Gasteiger partial charge in [0, 0.05) is 17.5 Å². The van der Waals surface area contributed by atoms with Gasteiger partial charge < -0.3 is 10.6 Å². The summed E-state index contributed by atoms with van der Waals surface area (Å²) in [4.78, 5) is 16.6. The smallest absolute Gasteiger partial charge is 0.270 e. The molecule has 122 valence electrons. The minimum atomic E-state index is -0.108. The van der Waals surface area contributed by atoms with Crippen LogP contribution in [0.4, 0.5) is 0 Å². The minimum absolute atomic E-state index is 0.108. The van der Waals surface area contributed by atoms with Gasteiger partial charge in [-0.1, -0.05) is 29.8 Å². The molecule has 23 heavy (non-hydrogen) atoms. The second-order valence-electron chi connectivity index (χ2n) is 5.77. The standard InChI is InChI=1S/C17H20ClN3OS/c18-14-6-2-1-5-13(14)17-21-15(11-23-17)16(22)20-9-7-12-4-3-8-19-10-12/h1-2,5-6,11-12,19H,3-4,7-10H2,(H,20,22). The van der Waals surface area contributed by atoms with E-state index in [1.807, 2.05) is 24.3 Å². The summed E-state index contributed by atoms with van der Waals surface area (Å²) in [5, 5.41) is 9.58. The Bertz CT molecular complexity index is 667. The largest absolute Gasteiger partial charge is 0.351 e. The molecular formula is C17H20ClN3OS. The molecule has 1 atom stereocenters. The van der Waals surface area contributed by atoms with Gasteiger partial charge in [0.25, 0.3) is 5.91 Å². The highest BCUT2D eigenvalue weighted by molar-refractivity contribution is 7.13. The molecule has 4 nitrogen and oxygen atoms in total. The van der Waals surface area contributed by atoms with Crippen LogP contribution in [0, 0.1) is 5.92 Å². The van der Waals surface area contributed by atoms with Crippen molar-refractivity contribution in [2.75, 3.05) is 19.6 Å². The molecule has 3 rings (SSSR count). The zero-order valence-corrected chi connectivity index (χ0v) is 14.4. The third-order valence-electron chi connectivity index (χ3n) is 4.08. The highest BCUT2D eigenvalue weighted by Gasteiger charge is 2.15. The maximum atomic E-state index is 12.2. The summed E-state index contributed by atoms with van der Waals surface area (Å²) in [6.45, 7) is 2.87. The van der Waals surface area contributed by atoms with Crippen LogP contribution in [0.1, 0.15) is 29.8 Å². The SMILES string of the molecule is O=C(NCCC1CCCNC1)c1csc(-c2ccccc2Cl)n1. The van der Waals surface area contributed by atoms with Crippen molar-refractivity contribution in [1.82, 2.24) is 15.6 Å². The number of nitrogens with one attached hydrogen (secondary N) is 2. The first-order valence-corrected chi connectivity index (χ1v) is 9.19. The predicted octanol–water partition coefficient (Wildman–Crippen LogP) is 3.58. The number of rotatable bonds is 5. The fourth-order valence-electron chi connectivity index (χ4n) is 2.79. The lowest BCUT2D eigenvalue weighted by Gasteiger charge is -2.22. The molecule has 1 fully saturated rings. The van der Waals surface area contributed by atoms with Crippen molar-refractivity contribution >= 4 is 28.8 Å². The number of thiazole rings is 1. The summed E-state index contributed by atoms with van der Waals surface area (Å²) in [6.07, 6.45) is 3.49. The quantitative estimate of drug-likeness (QED) is 0.867. The molecule has 0 saturated carbocycles. The van der Waals surface area contributed by atoms with Crippen LogP contribution in [-0.4, -0.2) is 30.5 Å². The molecule has 1 saturated heterocycles. The van der Waals surface area contributed by atoms with Crippen LogP contribution in [0.5, 0.6) is 0 Å². The fraction of sp³-hybridized carbons (Fsp3) is 0.412. The first-order chi connectivity index (χ1) is 11.2. The average molecular weight is 350 g/mol. The van der Waals surface area contributed by atoms with E-state index in [9.17, 15) is 4.79 Å². The highest BCUT2D eigenvalue weighted by Crippen LogP contribution is 2.30. The molecule has 0 spiro atoms. The van der Waals surface area contributed by atoms with Crippen LogP contribution < -0.4 is 10.6 Å². The van der Waals surface area contributed by atoms with E-state index in [1.165, 1.54) is 24.2 Å². The molecule has 0 bridgehead atoms. The number of benzene rings is 1. The minimum Gasteiger partial charge on any atom is -0.351 e. The van der Waals surface area contributed by atoms with Gasteiger partial charge in [-0.05, 0) is 44.3 Å². The number of carbonyl (C=O) groups excluding carboxylic acids is 1. The molecular weight excluding hydrogens is 330 g/mol. The fourth-order valence-corrected chi connectivity index (χ4v) is 3.91. The van der Waals surface area contributed by atoms with E-state index in [4.69, 9.17) is 11.6 Å². The van der Waals surface area contributed by atoms with E-state index in [2.05, 4.69) is 15.6 Å². The maximum absolute atomic E-state index is 12.2. The third kappa shape index (κ3) is 4.31. The maximum Gasteiger partial charge on any atom is 0.270 e. The predicted molar refractivity (Wildman–Crippen MR) is 95.1 cm³/mol. The van der Waals surface area contributed by atoms with Crippen molar-refractivity contribution in [2.24, 2.45) is 5.92 Å². The molecule has 1 aliphatic rings. The number of halogens is 1. The van der Waals surface area contributed by atoms with Crippen LogP contribution in [0.2, 0.25) is 5.02 Å². The van der Waals surface area contributed by atoms with Gasteiger partial charge in [0.05, 0.1) is 5.02 Å². The first kappa shape index (κ1) is 16.4. The summed E-state index contributed by atoms with van der Waals surface area (Å²) in [7, 11) is 0. The average Bonchev–Trinajstić information content (AvgIpc) is 3.06. The molecule has 2 N–H and O–H groups in total.